The molecule has 1 N–H and O–H groups in total. The first-order chi connectivity index (χ1) is 11.0. The molecule has 0 saturated heterocycles. The van der Waals surface area contributed by atoms with Gasteiger partial charge in [0.1, 0.15) is 0 Å². The molecular formula is C15H10ClN3O3S. The molecular weight excluding hydrogens is 338 g/mol. The maximum Gasteiger partial charge on any atom is 0.271 e. The molecule has 0 unspecified atom stereocenters. The maximum atomic E-state index is 12.0. The Bertz CT molecular complexity index is 893. The van der Waals surface area contributed by atoms with Crippen LogP contribution < -0.4 is 5.32 Å². The number of non-ortho nitro benzene ring substituents is 1. The van der Waals surface area contributed by atoms with Crippen LogP contribution in [-0.4, -0.2) is 15.8 Å². The molecule has 0 radical (unpaired) electrons. The van der Waals surface area contributed by atoms with Crippen molar-refractivity contribution in [1.82, 2.24) is 4.98 Å². The quantitative estimate of drug-likeness (QED) is 0.570. The van der Waals surface area contributed by atoms with Gasteiger partial charge in [0, 0.05) is 17.2 Å². The molecule has 116 valence electrons. The van der Waals surface area contributed by atoms with Crippen molar-refractivity contribution in [3.63, 3.8) is 0 Å². The second-order valence-electron chi connectivity index (χ2n) is 4.78. The smallest absolute Gasteiger partial charge is 0.271 e. The summed E-state index contributed by atoms with van der Waals surface area (Å²) in [7, 11) is 0. The zero-order valence-electron chi connectivity index (χ0n) is 11.7. The van der Waals surface area contributed by atoms with Crippen LogP contribution in [0.3, 0.4) is 0 Å². The van der Waals surface area contributed by atoms with Gasteiger partial charge in [0.05, 0.1) is 21.6 Å². The second-order valence-corrected chi connectivity index (χ2v) is 6.25. The molecule has 6 nitrogen and oxygen atoms in total. The fraction of sp³-hybridized carbons (Fsp3) is 0.0667. The van der Waals surface area contributed by atoms with Crippen LogP contribution >= 0.6 is 22.9 Å². The molecule has 8 heteroatoms. The molecule has 0 spiro atoms. The van der Waals surface area contributed by atoms with Crippen molar-refractivity contribution in [2.45, 2.75) is 6.42 Å². The highest BCUT2D eigenvalue weighted by Crippen LogP contribution is 2.28. The first-order valence-corrected chi connectivity index (χ1v) is 7.80. The van der Waals surface area contributed by atoms with Crippen molar-refractivity contribution in [2.75, 3.05) is 5.32 Å². The van der Waals surface area contributed by atoms with E-state index in [1.54, 1.807) is 30.3 Å². The van der Waals surface area contributed by atoms with E-state index >= 15 is 0 Å². The Labute approximate surface area is 139 Å². The number of nitrogens with zero attached hydrogens (tertiary/aromatic N) is 2. The summed E-state index contributed by atoms with van der Waals surface area (Å²) < 4.78 is 0.775. The van der Waals surface area contributed by atoms with Crippen molar-refractivity contribution in [1.29, 1.82) is 0 Å². The molecule has 0 bridgehead atoms. The van der Waals surface area contributed by atoms with E-state index in [1.165, 1.54) is 23.5 Å². The predicted octanol–water partition coefficient (Wildman–Crippen LogP) is 4.04. The lowest BCUT2D eigenvalue weighted by atomic mass is 10.1. The summed E-state index contributed by atoms with van der Waals surface area (Å²) in [6, 6.07) is 11.4. The zero-order chi connectivity index (χ0) is 16.4. The van der Waals surface area contributed by atoms with Crippen LogP contribution in [0.5, 0.6) is 0 Å². The number of carbonyl (C=O) groups excluding carboxylic acids is 1. The molecule has 0 fully saturated rings. The third kappa shape index (κ3) is 3.64. The summed E-state index contributed by atoms with van der Waals surface area (Å²) in [5.41, 5.74) is 1.30. The Balaban J connectivity index is 1.74. The zero-order valence-corrected chi connectivity index (χ0v) is 13.2. The number of nitro benzene ring substituents is 1. The van der Waals surface area contributed by atoms with Crippen LogP contribution in [-0.2, 0) is 11.2 Å². The number of halogens is 1. The average Bonchev–Trinajstić information content (AvgIpc) is 2.90. The minimum Gasteiger partial charge on any atom is -0.302 e. The third-order valence-corrected chi connectivity index (χ3v) is 4.31. The SMILES string of the molecule is O=C(Cc1ccc(Cl)cc1)Nc1nc2cc([N+](=O)[O-])ccc2s1. The average molecular weight is 348 g/mol. The minimum absolute atomic E-state index is 0.0261. The van der Waals surface area contributed by atoms with E-state index in [1.807, 2.05) is 0 Å². The van der Waals surface area contributed by atoms with Gasteiger partial charge >= 0.3 is 0 Å². The number of aromatic nitrogens is 1. The monoisotopic (exact) mass is 347 g/mol. The van der Waals surface area contributed by atoms with Crippen LogP contribution in [0.2, 0.25) is 5.02 Å². The van der Waals surface area contributed by atoms with Crippen LogP contribution in [0, 0.1) is 10.1 Å². The van der Waals surface area contributed by atoms with Gasteiger partial charge in [0.2, 0.25) is 5.91 Å². The van der Waals surface area contributed by atoms with Gasteiger partial charge < -0.3 is 5.32 Å². The number of carbonyl (C=O) groups is 1. The van der Waals surface area contributed by atoms with Gasteiger partial charge in [0.25, 0.3) is 5.69 Å². The summed E-state index contributed by atoms with van der Waals surface area (Å²) in [6.45, 7) is 0. The number of nitrogens with one attached hydrogen (secondary N) is 1. The standard InChI is InChI=1S/C15H10ClN3O3S/c16-10-3-1-9(2-4-10)7-14(20)18-15-17-12-8-11(19(21)22)5-6-13(12)23-15/h1-6,8H,7H2,(H,17,18,20). The Hall–Kier alpha value is -2.51. The largest absolute Gasteiger partial charge is 0.302 e. The van der Waals surface area contributed by atoms with Gasteiger partial charge in [-0.25, -0.2) is 4.98 Å². The highest BCUT2D eigenvalue weighted by Gasteiger charge is 2.12. The van der Waals surface area contributed by atoms with E-state index in [0.717, 1.165) is 10.3 Å². The van der Waals surface area contributed by atoms with E-state index in [9.17, 15) is 14.9 Å². The molecule has 0 atom stereocenters. The van der Waals surface area contributed by atoms with Gasteiger partial charge in [-0.2, -0.15) is 0 Å². The molecule has 3 aromatic rings. The first-order valence-electron chi connectivity index (χ1n) is 6.60. The van der Waals surface area contributed by atoms with E-state index in [-0.39, 0.29) is 18.0 Å². The fourth-order valence-electron chi connectivity index (χ4n) is 2.03. The van der Waals surface area contributed by atoms with E-state index < -0.39 is 4.92 Å². The Kier molecular flexibility index (Phi) is 4.22. The number of nitro groups is 1. The lowest BCUT2D eigenvalue weighted by molar-refractivity contribution is -0.384. The molecule has 1 amide bonds. The van der Waals surface area contributed by atoms with Crippen LogP contribution in [0.15, 0.2) is 42.5 Å². The van der Waals surface area contributed by atoms with Crippen molar-refractivity contribution < 1.29 is 9.72 Å². The lowest BCUT2D eigenvalue weighted by Gasteiger charge is -2.01. The molecule has 3 rings (SSSR count). The molecule has 23 heavy (non-hydrogen) atoms. The molecule has 0 aliphatic heterocycles. The number of anilines is 1. The molecule has 0 aliphatic rings. The van der Waals surface area contributed by atoms with Gasteiger partial charge in [0.15, 0.2) is 5.13 Å². The Morgan fingerprint density at radius 1 is 1.26 bits per heavy atom. The number of hydrogen-bond donors (Lipinski definition) is 1. The van der Waals surface area contributed by atoms with Crippen LogP contribution in [0.1, 0.15) is 5.56 Å². The van der Waals surface area contributed by atoms with Crippen molar-refractivity contribution >= 4 is 49.9 Å². The van der Waals surface area contributed by atoms with Crippen LogP contribution in [0.4, 0.5) is 10.8 Å². The number of fused-ring (bicyclic) bond motifs is 1. The molecule has 1 aromatic heterocycles. The van der Waals surface area contributed by atoms with Gasteiger partial charge in [-0.05, 0) is 23.8 Å². The molecule has 0 saturated carbocycles. The topological polar surface area (TPSA) is 85.1 Å². The highest BCUT2D eigenvalue weighted by molar-refractivity contribution is 7.22. The number of benzene rings is 2. The molecule has 0 aliphatic carbocycles. The number of rotatable bonds is 4. The van der Waals surface area contributed by atoms with Crippen molar-refractivity contribution in [3.05, 3.63) is 63.2 Å². The van der Waals surface area contributed by atoms with Crippen molar-refractivity contribution in [2.24, 2.45) is 0 Å². The summed E-state index contributed by atoms with van der Waals surface area (Å²) >= 11 is 7.07. The lowest BCUT2D eigenvalue weighted by Crippen LogP contribution is -2.14. The van der Waals surface area contributed by atoms with Gasteiger partial charge in [-0.1, -0.05) is 35.1 Å². The maximum absolute atomic E-state index is 12.0. The second kappa shape index (κ2) is 6.31. The predicted molar refractivity (Wildman–Crippen MR) is 90.1 cm³/mol. The van der Waals surface area contributed by atoms with Crippen molar-refractivity contribution in [3.8, 4) is 0 Å². The summed E-state index contributed by atoms with van der Waals surface area (Å²) in [6.07, 6.45) is 0.202. The van der Waals surface area contributed by atoms with Gasteiger partial charge in [-0.15, -0.1) is 0 Å². The van der Waals surface area contributed by atoms with Crippen LogP contribution in [0.25, 0.3) is 10.2 Å². The van der Waals surface area contributed by atoms with E-state index in [2.05, 4.69) is 10.3 Å². The van der Waals surface area contributed by atoms with E-state index in [0.29, 0.717) is 15.7 Å². The molecule has 1 heterocycles. The summed E-state index contributed by atoms with van der Waals surface area (Å²) in [5.74, 6) is -0.208. The normalized spacial score (nSPS) is 10.7. The Morgan fingerprint density at radius 2 is 2.00 bits per heavy atom. The number of amides is 1. The number of thiazole rings is 1. The van der Waals surface area contributed by atoms with Gasteiger partial charge in [-0.3, -0.25) is 14.9 Å². The Morgan fingerprint density at radius 3 is 2.70 bits per heavy atom. The summed E-state index contributed by atoms with van der Waals surface area (Å²) in [5, 5.41) is 14.5. The molecule has 2 aromatic carbocycles. The fourth-order valence-corrected chi connectivity index (χ4v) is 3.02. The minimum atomic E-state index is -0.475. The van der Waals surface area contributed by atoms with E-state index in [4.69, 9.17) is 11.6 Å². The summed E-state index contributed by atoms with van der Waals surface area (Å²) in [4.78, 5) is 26.5. The highest BCUT2D eigenvalue weighted by atomic mass is 35.5. The number of hydrogen-bond acceptors (Lipinski definition) is 5. The third-order valence-electron chi connectivity index (χ3n) is 3.11. The first kappa shape index (κ1) is 15.4.